The fourth-order valence-electron chi connectivity index (χ4n) is 5.25. The van der Waals surface area contributed by atoms with Crippen LogP contribution in [0.15, 0.2) is 77.7 Å². The van der Waals surface area contributed by atoms with Gasteiger partial charge >= 0.3 is 0 Å². The number of nitrogens with zero attached hydrogens (tertiary/aromatic N) is 1. The van der Waals surface area contributed by atoms with E-state index in [0.29, 0.717) is 34.0 Å². The van der Waals surface area contributed by atoms with E-state index >= 15 is 8.78 Å². The van der Waals surface area contributed by atoms with Gasteiger partial charge in [-0.3, -0.25) is 0 Å². The number of nitrogens with two attached hydrogens (primary N) is 1. The number of alkyl halides is 2. The summed E-state index contributed by atoms with van der Waals surface area (Å²) in [6, 6.07) is 19.1. The lowest BCUT2D eigenvalue weighted by Crippen LogP contribution is -2.41. The van der Waals surface area contributed by atoms with E-state index in [0.717, 1.165) is 23.3 Å². The summed E-state index contributed by atoms with van der Waals surface area (Å²) in [6.45, 7) is 3.07. The van der Waals surface area contributed by atoms with Crippen molar-refractivity contribution in [3.8, 4) is 16.9 Å². The average molecular weight is 630 g/mol. The van der Waals surface area contributed by atoms with E-state index in [2.05, 4.69) is 16.7 Å². The van der Waals surface area contributed by atoms with Gasteiger partial charge in [0.25, 0.3) is 5.92 Å². The van der Waals surface area contributed by atoms with Crippen molar-refractivity contribution in [2.75, 3.05) is 26.7 Å². The third kappa shape index (κ3) is 10.3. The number of nitrogens with one attached hydrogen (secondary N) is 1. The molecule has 0 bridgehead atoms. The van der Waals surface area contributed by atoms with E-state index in [4.69, 9.17) is 22.1 Å². The predicted molar refractivity (Wildman–Crippen MR) is 173 cm³/mol. The number of hydrogen-bond acceptors (Lipinski definition) is 6. The van der Waals surface area contributed by atoms with Gasteiger partial charge in [-0.15, -0.1) is 0 Å². The van der Waals surface area contributed by atoms with Gasteiger partial charge in [0.15, 0.2) is 0 Å². The second-order valence-electron chi connectivity index (χ2n) is 11.5. The Kier molecular flexibility index (Phi) is 12.9. The van der Waals surface area contributed by atoms with E-state index in [1.807, 2.05) is 12.1 Å². The van der Waals surface area contributed by atoms with Crippen LogP contribution in [-0.2, 0) is 10.7 Å². The van der Waals surface area contributed by atoms with Crippen LogP contribution in [0.2, 0.25) is 5.02 Å². The van der Waals surface area contributed by atoms with Crippen LogP contribution in [0.4, 0.5) is 8.78 Å². The molecule has 9 heteroatoms. The van der Waals surface area contributed by atoms with E-state index in [1.54, 1.807) is 48.5 Å². The molecule has 2 fully saturated rings. The van der Waals surface area contributed by atoms with E-state index in [9.17, 15) is 4.79 Å². The minimum atomic E-state index is -3.40. The molecule has 3 N–H and O–H groups in total. The maximum absolute atomic E-state index is 15.3. The number of piperidine rings is 1. The van der Waals surface area contributed by atoms with Gasteiger partial charge in [-0.2, -0.15) is 8.78 Å². The minimum absolute atomic E-state index is 0.235. The molecule has 1 saturated heterocycles. The van der Waals surface area contributed by atoms with Crippen LogP contribution in [0.25, 0.3) is 11.1 Å². The van der Waals surface area contributed by atoms with Crippen molar-refractivity contribution in [3.63, 3.8) is 0 Å². The molecule has 0 aromatic heterocycles. The number of rotatable bonds is 10. The Labute approximate surface area is 263 Å². The molecule has 1 aliphatic heterocycles. The summed E-state index contributed by atoms with van der Waals surface area (Å²) in [5, 5.41) is 0.571. The molecular formula is C34H42ClF2N3O2S. The molecule has 2 aliphatic rings. The zero-order chi connectivity index (χ0) is 30.7. The Hall–Kier alpha value is -2.49. The molecule has 5 nitrogen and oxygen atoms in total. The topological polar surface area (TPSA) is 67.6 Å². The van der Waals surface area contributed by atoms with E-state index in [1.165, 1.54) is 70.2 Å². The number of aldehydes is 1. The standard InChI is InChI=1S/C28H28ClF2NO2S.C6H14N2/c29-24-11-9-21(10-12-24)22-7-4-8-23(17-22)28(30,31)27(18-33)32-35-26-15-13-25(14-16-26)34-19-20-5-2-1-3-6-20;1-8-4-2-6(7)3-5-8/h4,7-18,20,27,32H,1-3,5-6,19H2;6H,2-5,7H2,1H3. The number of likely N-dealkylation sites (tertiary alicyclic amines) is 1. The molecule has 232 valence electrons. The van der Waals surface area contributed by atoms with Crippen LogP contribution in [-0.4, -0.2) is 50.0 Å². The normalized spacial score (nSPS) is 17.5. The number of halogens is 3. The predicted octanol–water partition coefficient (Wildman–Crippen LogP) is 7.96. The lowest BCUT2D eigenvalue weighted by Gasteiger charge is -2.25. The number of benzene rings is 3. The fraction of sp³-hybridized carbons (Fsp3) is 0.441. The highest BCUT2D eigenvalue weighted by Gasteiger charge is 2.41. The van der Waals surface area contributed by atoms with Gasteiger partial charge in [0.2, 0.25) is 0 Å². The Morgan fingerprint density at radius 2 is 1.67 bits per heavy atom. The SMILES string of the molecule is CN1CCC(N)CC1.O=CC(NSc1ccc(OCC2CCCCC2)cc1)C(F)(F)c1cccc(-c2ccc(Cl)cc2)c1. The quantitative estimate of drug-likeness (QED) is 0.175. The Morgan fingerprint density at radius 1 is 1.00 bits per heavy atom. The summed E-state index contributed by atoms with van der Waals surface area (Å²) in [4.78, 5) is 14.7. The molecular weight excluding hydrogens is 588 g/mol. The lowest BCUT2D eigenvalue weighted by molar-refractivity contribution is -0.119. The molecule has 0 radical (unpaired) electrons. The average Bonchev–Trinajstić information content (AvgIpc) is 3.03. The van der Waals surface area contributed by atoms with Crippen molar-refractivity contribution in [2.45, 2.75) is 67.8 Å². The van der Waals surface area contributed by atoms with Gasteiger partial charge in [-0.25, -0.2) is 4.72 Å². The van der Waals surface area contributed by atoms with Crippen molar-refractivity contribution in [1.29, 1.82) is 0 Å². The fourth-order valence-corrected chi connectivity index (χ4v) is 6.11. The highest BCUT2D eigenvalue weighted by atomic mass is 35.5. The Morgan fingerprint density at radius 3 is 2.30 bits per heavy atom. The summed E-state index contributed by atoms with van der Waals surface area (Å²) in [5.74, 6) is -2.04. The number of carbonyl (C=O) groups is 1. The summed E-state index contributed by atoms with van der Waals surface area (Å²) >= 11 is 6.93. The highest BCUT2D eigenvalue weighted by Crippen LogP contribution is 2.35. The third-order valence-electron chi connectivity index (χ3n) is 8.05. The largest absolute Gasteiger partial charge is 0.493 e. The Bertz CT molecular complexity index is 1260. The van der Waals surface area contributed by atoms with Gasteiger partial charge in [0.05, 0.1) is 6.61 Å². The van der Waals surface area contributed by atoms with Crippen LogP contribution < -0.4 is 15.2 Å². The van der Waals surface area contributed by atoms with Gasteiger partial charge in [0.1, 0.15) is 18.1 Å². The van der Waals surface area contributed by atoms with Crippen molar-refractivity contribution in [3.05, 3.63) is 83.4 Å². The molecule has 1 saturated carbocycles. The van der Waals surface area contributed by atoms with Crippen molar-refractivity contribution < 1.29 is 18.3 Å². The van der Waals surface area contributed by atoms with Crippen LogP contribution in [0.5, 0.6) is 5.75 Å². The summed E-state index contributed by atoms with van der Waals surface area (Å²) in [5.41, 5.74) is 6.83. The molecule has 43 heavy (non-hydrogen) atoms. The van der Waals surface area contributed by atoms with Crippen LogP contribution >= 0.6 is 23.5 Å². The minimum Gasteiger partial charge on any atom is -0.493 e. The molecule has 1 atom stereocenters. The molecule has 3 aromatic rings. The van der Waals surface area contributed by atoms with Gasteiger partial charge < -0.3 is 20.2 Å². The van der Waals surface area contributed by atoms with Gasteiger partial charge in [-0.1, -0.05) is 61.2 Å². The number of ether oxygens (including phenoxy) is 1. The van der Waals surface area contributed by atoms with Crippen LogP contribution in [0, 0.1) is 5.92 Å². The first-order valence-electron chi connectivity index (χ1n) is 15.0. The molecule has 3 aromatic carbocycles. The van der Waals surface area contributed by atoms with E-state index < -0.39 is 12.0 Å². The maximum Gasteiger partial charge on any atom is 0.295 e. The lowest BCUT2D eigenvalue weighted by atomic mass is 9.90. The second kappa shape index (κ2) is 16.5. The molecule has 1 aliphatic carbocycles. The zero-order valence-corrected chi connectivity index (χ0v) is 26.3. The van der Waals surface area contributed by atoms with Crippen LogP contribution in [0.3, 0.4) is 0 Å². The van der Waals surface area contributed by atoms with Gasteiger partial charge in [0, 0.05) is 21.5 Å². The molecule has 1 unspecified atom stereocenters. The molecule has 5 rings (SSSR count). The van der Waals surface area contributed by atoms with Crippen LogP contribution in [0.1, 0.15) is 50.5 Å². The monoisotopic (exact) mass is 629 g/mol. The summed E-state index contributed by atoms with van der Waals surface area (Å²) in [7, 11) is 2.14. The van der Waals surface area contributed by atoms with Crippen molar-refractivity contribution in [2.24, 2.45) is 11.7 Å². The molecule has 0 amide bonds. The Balaban J connectivity index is 0.000000458. The first-order chi connectivity index (χ1) is 20.7. The molecule has 1 heterocycles. The van der Waals surface area contributed by atoms with Crippen molar-refractivity contribution >= 4 is 29.8 Å². The first kappa shape index (κ1) is 33.4. The zero-order valence-electron chi connectivity index (χ0n) is 24.7. The third-order valence-corrected chi connectivity index (χ3v) is 9.18. The summed E-state index contributed by atoms with van der Waals surface area (Å²) in [6.07, 6.45) is 8.87. The number of carbonyl (C=O) groups excluding carboxylic acids is 1. The van der Waals surface area contributed by atoms with Gasteiger partial charge in [-0.05, 0) is 117 Å². The second-order valence-corrected chi connectivity index (χ2v) is 12.8. The smallest absolute Gasteiger partial charge is 0.295 e. The maximum atomic E-state index is 15.3. The van der Waals surface area contributed by atoms with E-state index in [-0.39, 0.29) is 11.8 Å². The molecule has 0 spiro atoms. The first-order valence-corrected chi connectivity index (χ1v) is 16.2. The number of hydrogen-bond donors (Lipinski definition) is 2. The summed E-state index contributed by atoms with van der Waals surface area (Å²) < 4.78 is 39.1. The van der Waals surface area contributed by atoms with Crippen molar-refractivity contribution in [1.82, 2.24) is 9.62 Å². The highest BCUT2D eigenvalue weighted by molar-refractivity contribution is 7.97.